The zero-order valence-corrected chi connectivity index (χ0v) is 16.6. The van der Waals surface area contributed by atoms with Crippen LogP contribution in [0.5, 0.6) is 0 Å². The molecule has 1 aliphatic heterocycles. The number of rotatable bonds is 5. The van der Waals surface area contributed by atoms with Crippen molar-refractivity contribution in [3.05, 3.63) is 22.3 Å². The van der Waals surface area contributed by atoms with Crippen LogP contribution in [0.1, 0.15) is 19.8 Å². The summed E-state index contributed by atoms with van der Waals surface area (Å²) in [7, 11) is -3.27. The SMILES string of the molecule is CC(OC(=O)C1CCN(S(C)(=O)=O)CC1)C(=O)Nc1ncc(Cl)cc1Cl. The highest BCUT2D eigenvalue weighted by molar-refractivity contribution is 7.88. The fourth-order valence-electron chi connectivity index (χ4n) is 2.47. The number of ether oxygens (including phenoxy) is 1. The molecule has 1 aromatic rings. The molecule has 0 aliphatic carbocycles. The average Bonchev–Trinajstić information content (AvgIpc) is 2.56. The Morgan fingerprint density at radius 2 is 1.96 bits per heavy atom. The number of pyridine rings is 1. The molecule has 0 spiro atoms. The fraction of sp³-hybridized carbons (Fsp3) is 0.533. The highest BCUT2D eigenvalue weighted by atomic mass is 35.5. The van der Waals surface area contributed by atoms with Crippen LogP contribution in [-0.4, -0.2) is 55.0 Å². The number of nitrogens with one attached hydrogen (secondary N) is 1. The van der Waals surface area contributed by atoms with Crippen molar-refractivity contribution in [2.45, 2.75) is 25.9 Å². The quantitative estimate of drug-likeness (QED) is 0.725. The van der Waals surface area contributed by atoms with Gasteiger partial charge in [-0.1, -0.05) is 23.2 Å². The van der Waals surface area contributed by atoms with Gasteiger partial charge >= 0.3 is 5.97 Å². The predicted molar refractivity (Wildman–Crippen MR) is 97.6 cm³/mol. The molecule has 1 amide bonds. The third-order valence-corrected chi connectivity index (χ3v) is 5.77. The van der Waals surface area contributed by atoms with E-state index in [9.17, 15) is 18.0 Å². The van der Waals surface area contributed by atoms with Gasteiger partial charge in [0.1, 0.15) is 0 Å². The van der Waals surface area contributed by atoms with Crippen molar-refractivity contribution in [2.24, 2.45) is 5.92 Å². The molecule has 8 nitrogen and oxygen atoms in total. The maximum Gasteiger partial charge on any atom is 0.309 e. The molecule has 2 heterocycles. The number of hydrogen-bond donors (Lipinski definition) is 1. The molecule has 26 heavy (non-hydrogen) atoms. The second-order valence-corrected chi connectivity index (χ2v) is 8.81. The Bertz CT molecular complexity index is 794. The Morgan fingerprint density at radius 3 is 2.50 bits per heavy atom. The Morgan fingerprint density at radius 1 is 1.35 bits per heavy atom. The summed E-state index contributed by atoms with van der Waals surface area (Å²) in [5.41, 5.74) is 0. The lowest BCUT2D eigenvalue weighted by Gasteiger charge is -2.29. The summed E-state index contributed by atoms with van der Waals surface area (Å²) >= 11 is 11.7. The lowest BCUT2D eigenvalue weighted by molar-refractivity contribution is -0.158. The average molecular weight is 424 g/mol. The van der Waals surface area contributed by atoms with Crippen molar-refractivity contribution in [2.75, 3.05) is 24.7 Å². The number of sulfonamides is 1. The van der Waals surface area contributed by atoms with Gasteiger partial charge in [0.25, 0.3) is 5.91 Å². The molecule has 11 heteroatoms. The molecule has 1 aliphatic rings. The topological polar surface area (TPSA) is 106 Å². The van der Waals surface area contributed by atoms with Crippen molar-refractivity contribution in [3.63, 3.8) is 0 Å². The second-order valence-electron chi connectivity index (χ2n) is 5.99. The van der Waals surface area contributed by atoms with E-state index >= 15 is 0 Å². The number of carbonyl (C=O) groups is 2. The normalized spacial score (nSPS) is 17.5. The minimum atomic E-state index is -3.27. The van der Waals surface area contributed by atoms with Crippen LogP contribution in [0.3, 0.4) is 0 Å². The summed E-state index contributed by atoms with van der Waals surface area (Å²) in [6.07, 6.45) is 2.11. The Kier molecular flexibility index (Phi) is 6.84. The maximum atomic E-state index is 12.2. The van der Waals surface area contributed by atoms with Crippen LogP contribution in [0.4, 0.5) is 5.82 Å². The van der Waals surface area contributed by atoms with Crippen molar-refractivity contribution in [3.8, 4) is 0 Å². The smallest absolute Gasteiger partial charge is 0.309 e. The highest BCUT2D eigenvalue weighted by Crippen LogP contribution is 2.23. The third-order valence-electron chi connectivity index (χ3n) is 3.97. The molecule has 1 unspecified atom stereocenters. The lowest BCUT2D eigenvalue weighted by atomic mass is 9.98. The number of carbonyl (C=O) groups excluding carboxylic acids is 2. The van der Waals surface area contributed by atoms with Gasteiger partial charge in [0.15, 0.2) is 11.9 Å². The Hall–Kier alpha value is -1.42. The number of anilines is 1. The molecule has 1 atom stereocenters. The first-order chi connectivity index (χ1) is 12.1. The molecule has 0 bridgehead atoms. The van der Waals surface area contributed by atoms with E-state index in [2.05, 4.69) is 10.3 Å². The van der Waals surface area contributed by atoms with Gasteiger partial charge in [-0.05, 0) is 25.8 Å². The van der Waals surface area contributed by atoms with E-state index < -0.39 is 33.9 Å². The number of aromatic nitrogens is 1. The molecule has 144 valence electrons. The highest BCUT2D eigenvalue weighted by Gasteiger charge is 2.31. The van der Waals surface area contributed by atoms with E-state index in [1.807, 2.05) is 0 Å². The largest absolute Gasteiger partial charge is 0.452 e. The van der Waals surface area contributed by atoms with E-state index in [-0.39, 0.29) is 23.9 Å². The summed E-state index contributed by atoms with van der Waals surface area (Å²) in [4.78, 5) is 28.2. The number of amides is 1. The molecule has 1 aromatic heterocycles. The van der Waals surface area contributed by atoms with Crippen LogP contribution in [0.2, 0.25) is 10.0 Å². The zero-order chi connectivity index (χ0) is 19.5. The van der Waals surface area contributed by atoms with Crippen LogP contribution in [0, 0.1) is 5.92 Å². The van der Waals surface area contributed by atoms with E-state index in [0.29, 0.717) is 17.9 Å². The van der Waals surface area contributed by atoms with Gasteiger partial charge < -0.3 is 10.1 Å². The van der Waals surface area contributed by atoms with Crippen LogP contribution in [0.15, 0.2) is 12.3 Å². The fourth-order valence-corrected chi connectivity index (χ4v) is 3.77. The van der Waals surface area contributed by atoms with Gasteiger partial charge in [0, 0.05) is 19.3 Å². The summed E-state index contributed by atoms with van der Waals surface area (Å²) in [5.74, 6) is -1.44. The first-order valence-electron chi connectivity index (χ1n) is 7.85. The number of hydrogen-bond acceptors (Lipinski definition) is 6. The minimum Gasteiger partial charge on any atom is -0.452 e. The number of halogens is 2. The molecule has 1 N–H and O–H groups in total. The zero-order valence-electron chi connectivity index (χ0n) is 14.2. The van der Waals surface area contributed by atoms with Gasteiger partial charge in [-0.2, -0.15) is 0 Å². The van der Waals surface area contributed by atoms with E-state index in [1.165, 1.54) is 23.5 Å². The van der Waals surface area contributed by atoms with Crippen molar-refractivity contribution < 1.29 is 22.7 Å². The summed E-state index contributed by atoms with van der Waals surface area (Å²) in [5, 5.41) is 2.96. The standard InChI is InChI=1S/C15H19Cl2N3O5S/c1-9(14(21)19-13-12(17)7-11(16)8-18-13)25-15(22)10-3-5-20(6-4-10)26(2,23)24/h7-10H,3-6H2,1-2H3,(H,18,19,21). The molecular formula is C15H19Cl2N3O5S. The third kappa shape index (κ3) is 5.54. The first-order valence-corrected chi connectivity index (χ1v) is 10.5. The number of esters is 1. The van der Waals surface area contributed by atoms with Crippen molar-refractivity contribution >= 4 is 50.9 Å². The van der Waals surface area contributed by atoms with Gasteiger partial charge in [0.05, 0.1) is 22.2 Å². The molecule has 1 fully saturated rings. The van der Waals surface area contributed by atoms with Crippen LogP contribution >= 0.6 is 23.2 Å². The summed E-state index contributed by atoms with van der Waals surface area (Å²) < 4.78 is 29.5. The molecule has 2 rings (SSSR count). The van der Waals surface area contributed by atoms with Gasteiger partial charge in [0.2, 0.25) is 10.0 Å². The van der Waals surface area contributed by atoms with E-state index in [0.717, 1.165) is 6.26 Å². The lowest BCUT2D eigenvalue weighted by Crippen LogP contribution is -2.41. The van der Waals surface area contributed by atoms with Crippen LogP contribution in [0.25, 0.3) is 0 Å². The molecule has 0 saturated carbocycles. The maximum absolute atomic E-state index is 12.2. The number of nitrogens with zero attached hydrogens (tertiary/aromatic N) is 2. The number of piperidine rings is 1. The van der Waals surface area contributed by atoms with Crippen molar-refractivity contribution in [1.29, 1.82) is 0 Å². The predicted octanol–water partition coefficient (Wildman–Crippen LogP) is 1.93. The van der Waals surface area contributed by atoms with Crippen molar-refractivity contribution in [1.82, 2.24) is 9.29 Å². The Balaban J connectivity index is 1.87. The first kappa shape index (κ1) is 20.9. The van der Waals surface area contributed by atoms with Gasteiger partial charge in [-0.15, -0.1) is 0 Å². The van der Waals surface area contributed by atoms with Gasteiger partial charge in [-0.3, -0.25) is 9.59 Å². The summed E-state index contributed by atoms with van der Waals surface area (Å²) in [6.45, 7) is 1.94. The Labute approximate surface area is 161 Å². The van der Waals surface area contributed by atoms with E-state index in [4.69, 9.17) is 27.9 Å². The molecular weight excluding hydrogens is 405 g/mol. The van der Waals surface area contributed by atoms with Crippen LogP contribution in [-0.2, 0) is 24.3 Å². The summed E-state index contributed by atoms with van der Waals surface area (Å²) in [6, 6.07) is 1.43. The van der Waals surface area contributed by atoms with E-state index in [1.54, 1.807) is 0 Å². The molecule has 1 saturated heterocycles. The minimum absolute atomic E-state index is 0.116. The monoisotopic (exact) mass is 423 g/mol. The van der Waals surface area contributed by atoms with Crippen LogP contribution < -0.4 is 5.32 Å². The molecule has 0 aromatic carbocycles. The second kappa shape index (κ2) is 8.51. The molecule has 0 radical (unpaired) electrons. The van der Waals surface area contributed by atoms with Gasteiger partial charge in [-0.25, -0.2) is 17.7 Å².